The van der Waals surface area contributed by atoms with Gasteiger partial charge in [0.25, 0.3) is 17.2 Å². The molecule has 35 heavy (non-hydrogen) atoms. The smallest absolute Gasteiger partial charge is 0.274 e. The highest BCUT2D eigenvalue weighted by Gasteiger charge is 2.31. The molecule has 0 aliphatic heterocycles. The van der Waals surface area contributed by atoms with Crippen LogP contribution in [0.1, 0.15) is 21.5 Å². The Morgan fingerprint density at radius 2 is 1.66 bits per heavy atom. The third kappa shape index (κ3) is 6.66. The van der Waals surface area contributed by atoms with Crippen molar-refractivity contribution in [1.82, 2.24) is 10.4 Å². The maximum Gasteiger partial charge on any atom is 0.274 e. The molecule has 0 bridgehead atoms. The summed E-state index contributed by atoms with van der Waals surface area (Å²) in [7, 11) is 3.20. The van der Waals surface area contributed by atoms with E-state index in [1.165, 1.54) is 21.3 Å². The van der Waals surface area contributed by atoms with Crippen molar-refractivity contribution in [3.8, 4) is 11.5 Å². The second-order valence-electron chi connectivity index (χ2n) is 8.06. The number of ether oxygens (including phenoxy) is 1. The van der Waals surface area contributed by atoms with Crippen molar-refractivity contribution in [3.05, 3.63) is 89.5 Å². The van der Waals surface area contributed by atoms with Crippen molar-refractivity contribution in [2.45, 2.75) is 19.4 Å². The molecular formula is C25H27N3O6S. The SMILES string of the molecule is Cc1ccc(N(C(Cc2cccc(Oc3ccc(C(=O)NO)cc3)c2)C(=O)N(C)C)S(=O)O)cc1. The number of rotatable bonds is 9. The van der Waals surface area contributed by atoms with E-state index in [0.29, 0.717) is 17.2 Å². The molecule has 0 fully saturated rings. The van der Waals surface area contributed by atoms with E-state index in [0.717, 1.165) is 11.1 Å². The van der Waals surface area contributed by atoms with Gasteiger partial charge in [0.05, 0.1) is 5.69 Å². The number of carbonyl (C=O) groups excluding carboxylic acids is 2. The van der Waals surface area contributed by atoms with Crippen LogP contribution in [-0.4, -0.2) is 50.8 Å². The standard InChI is InChI=1S/C25H27N3O6S/c1-17-7-11-20(12-8-17)28(35(32)33)23(25(30)27(2)3)16-18-5-4-6-22(15-18)34-21-13-9-19(10-14-21)24(29)26-31/h4-15,23,31H,16H2,1-3H3,(H,26,29)(H,32,33). The van der Waals surface area contributed by atoms with Gasteiger partial charge in [0, 0.05) is 26.1 Å². The van der Waals surface area contributed by atoms with Gasteiger partial charge in [-0.1, -0.05) is 29.8 Å². The maximum atomic E-state index is 13.1. The van der Waals surface area contributed by atoms with Gasteiger partial charge in [-0.05, 0) is 61.0 Å². The van der Waals surface area contributed by atoms with Crippen LogP contribution < -0.4 is 14.5 Å². The number of nitrogens with one attached hydrogen (secondary N) is 1. The summed E-state index contributed by atoms with van der Waals surface area (Å²) in [6.07, 6.45) is 0.157. The van der Waals surface area contributed by atoms with E-state index in [9.17, 15) is 18.4 Å². The highest BCUT2D eigenvalue weighted by Crippen LogP contribution is 2.26. The van der Waals surface area contributed by atoms with Crippen LogP contribution in [-0.2, 0) is 22.5 Å². The van der Waals surface area contributed by atoms with Crippen molar-refractivity contribution in [2.75, 3.05) is 18.4 Å². The summed E-state index contributed by atoms with van der Waals surface area (Å²) in [6.45, 7) is 1.91. The highest BCUT2D eigenvalue weighted by molar-refractivity contribution is 7.80. The maximum absolute atomic E-state index is 13.1. The molecule has 2 amide bonds. The summed E-state index contributed by atoms with van der Waals surface area (Å²) in [5.74, 6) is 0.00631. The fourth-order valence-corrected chi connectivity index (χ4v) is 4.16. The summed E-state index contributed by atoms with van der Waals surface area (Å²) in [4.78, 5) is 25.9. The lowest BCUT2D eigenvalue weighted by Crippen LogP contribution is -2.48. The van der Waals surface area contributed by atoms with Crippen LogP contribution in [0.3, 0.4) is 0 Å². The van der Waals surface area contributed by atoms with Crippen molar-refractivity contribution in [1.29, 1.82) is 0 Å². The molecule has 3 rings (SSSR count). The Morgan fingerprint density at radius 1 is 1.00 bits per heavy atom. The monoisotopic (exact) mass is 497 g/mol. The zero-order valence-electron chi connectivity index (χ0n) is 19.5. The van der Waals surface area contributed by atoms with E-state index in [2.05, 4.69) is 0 Å². The average Bonchev–Trinajstić information content (AvgIpc) is 2.84. The molecule has 0 aromatic heterocycles. The topological polar surface area (TPSA) is 119 Å². The Hall–Kier alpha value is -3.73. The first-order chi connectivity index (χ1) is 16.7. The lowest BCUT2D eigenvalue weighted by atomic mass is 10.0. The summed E-state index contributed by atoms with van der Waals surface area (Å²) < 4.78 is 29.5. The molecule has 184 valence electrons. The first kappa shape index (κ1) is 25.9. The fourth-order valence-electron chi connectivity index (χ4n) is 3.47. The summed E-state index contributed by atoms with van der Waals surface area (Å²) in [5.41, 5.74) is 4.01. The Kier molecular flexibility index (Phi) is 8.58. The van der Waals surface area contributed by atoms with Gasteiger partial charge in [-0.3, -0.25) is 23.7 Å². The predicted octanol–water partition coefficient (Wildman–Crippen LogP) is 3.55. The van der Waals surface area contributed by atoms with Gasteiger partial charge in [0.1, 0.15) is 17.5 Å². The Morgan fingerprint density at radius 3 is 2.23 bits per heavy atom. The first-order valence-corrected chi connectivity index (χ1v) is 11.7. The summed E-state index contributed by atoms with van der Waals surface area (Å²) in [6, 6.07) is 19.4. The average molecular weight is 498 g/mol. The molecule has 0 saturated heterocycles. The Balaban J connectivity index is 1.87. The lowest BCUT2D eigenvalue weighted by molar-refractivity contribution is -0.129. The number of likely N-dealkylation sites (N-methyl/N-ethyl adjacent to an activating group) is 1. The molecule has 0 aliphatic carbocycles. The third-order valence-electron chi connectivity index (χ3n) is 5.25. The first-order valence-electron chi connectivity index (χ1n) is 10.7. The Labute approximate surface area is 206 Å². The normalized spacial score (nSPS) is 12.4. The van der Waals surface area contributed by atoms with Crippen LogP contribution in [0.25, 0.3) is 0 Å². The Bertz CT molecular complexity index is 1200. The lowest BCUT2D eigenvalue weighted by Gasteiger charge is -2.31. The van der Waals surface area contributed by atoms with Crippen LogP contribution in [0.2, 0.25) is 0 Å². The van der Waals surface area contributed by atoms with Gasteiger partial charge >= 0.3 is 0 Å². The van der Waals surface area contributed by atoms with Crippen LogP contribution >= 0.6 is 0 Å². The van der Waals surface area contributed by atoms with E-state index in [-0.39, 0.29) is 17.9 Å². The van der Waals surface area contributed by atoms with Gasteiger partial charge in [-0.15, -0.1) is 0 Å². The van der Waals surface area contributed by atoms with Gasteiger partial charge in [-0.25, -0.2) is 9.69 Å². The number of benzene rings is 3. The quantitative estimate of drug-likeness (QED) is 0.236. The number of anilines is 1. The summed E-state index contributed by atoms with van der Waals surface area (Å²) in [5, 5.41) is 8.73. The number of hydrogen-bond donors (Lipinski definition) is 3. The molecule has 0 heterocycles. The zero-order chi connectivity index (χ0) is 25.5. The molecule has 10 heteroatoms. The molecule has 0 radical (unpaired) electrons. The highest BCUT2D eigenvalue weighted by atomic mass is 32.2. The molecule has 3 aromatic carbocycles. The molecule has 9 nitrogen and oxygen atoms in total. The molecule has 0 aliphatic rings. The second kappa shape index (κ2) is 11.6. The van der Waals surface area contributed by atoms with Crippen LogP contribution in [0.15, 0.2) is 72.8 Å². The van der Waals surface area contributed by atoms with Crippen molar-refractivity contribution in [3.63, 3.8) is 0 Å². The van der Waals surface area contributed by atoms with E-state index in [1.807, 2.05) is 25.1 Å². The van der Waals surface area contributed by atoms with Crippen LogP contribution in [0, 0.1) is 6.92 Å². The van der Waals surface area contributed by atoms with Crippen molar-refractivity contribution in [2.24, 2.45) is 0 Å². The van der Waals surface area contributed by atoms with Crippen molar-refractivity contribution >= 4 is 28.8 Å². The third-order valence-corrected chi connectivity index (χ3v) is 6.05. The molecule has 3 aromatic rings. The molecule has 0 saturated carbocycles. The molecule has 2 atom stereocenters. The van der Waals surface area contributed by atoms with E-state index in [1.54, 1.807) is 62.0 Å². The largest absolute Gasteiger partial charge is 0.457 e. The number of aryl methyl sites for hydroxylation is 1. The van der Waals surface area contributed by atoms with Gasteiger partial charge in [0.15, 0.2) is 0 Å². The minimum atomic E-state index is -2.44. The predicted molar refractivity (Wildman–Crippen MR) is 133 cm³/mol. The van der Waals surface area contributed by atoms with Crippen LogP contribution in [0.4, 0.5) is 5.69 Å². The molecule has 0 spiro atoms. The number of amides is 2. The molecule has 2 unspecified atom stereocenters. The minimum absolute atomic E-state index is 0.157. The van der Waals surface area contributed by atoms with Crippen LogP contribution in [0.5, 0.6) is 11.5 Å². The molecular weight excluding hydrogens is 470 g/mol. The van der Waals surface area contributed by atoms with Gasteiger partial charge in [0.2, 0.25) is 5.91 Å². The van der Waals surface area contributed by atoms with Crippen molar-refractivity contribution < 1.29 is 28.3 Å². The van der Waals surface area contributed by atoms with Gasteiger partial charge < -0.3 is 9.64 Å². The second-order valence-corrected chi connectivity index (χ2v) is 8.91. The zero-order valence-corrected chi connectivity index (χ0v) is 20.4. The minimum Gasteiger partial charge on any atom is -0.457 e. The van der Waals surface area contributed by atoms with E-state index in [4.69, 9.17) is 9.94 Å². The van der Waals surface area contributed by atoms with Gasteiger partial charge in [-0.2, -0.15) is 0 Å². The number of hydroxylamine groups is 1. The molecule has 3 N–H and O–H groups in total. The number of carbonyl (C=O) groups is 2. The fraction of sp³-hybridized carbons (Fsp3) is 0.200. The number of hydrogen-bond acceptors (Lipinski definition) is 5. The van der Waals surface area contributed by atoms with E-state index >= 15 is 0 Å². The summed E-state index contributed by atoms with van der Waals surface area (Å²) >= 11 is -2.44. The number of nitrogens with zero attached hydrogens (tertiary/aromatic N) is 2. The van der Waals surface area contributed by atoms with E-state index < -0.39 is 23.2 Å².